The summed E-state index contributed by atoms with van der Waals surface area (Å²) in [4.78, 5) is 34.8. The number of carboxylic acids is 1. The van der Waals surface area contributed by atoms with E-state index < -0.39 is 17.4 Å². The van der Waals surface area contributed by atoms with Crippen LogP contribution in [0.3, 0.4) is 0 Å². The van der Waals surface area contributed by atoms with Crippen molar-refractivity contribution >= 4 is 18.3 Å². The van der Waals surface area contributed by atoms with Crippen molar-refractivity contribution in [2.24, 2.45) is 5.41 Å². The zero-order valence-electron chi connectivity index (χ0n) is 14.8. The minimum atomic E-state index is -1.01. The molecule has 0 aromatic heterocycles. The van der Waals surface area contributed by atoms with Crippen LogP contribution in [0.25, 0.3) is 0 Å². The highest BCUT2D eigenvalue weighted by atomic mass is 16.4. The lowest BCUT2D eigenvalue weighted by atomic mass is 9.86. The summed E-state index contributed by atoms with van der Waals surface area (Å²) in [5, 5.41) is 11.2. The third-order valence-corrected chi connectivity index (χ3v) is 2.73. The number of aliphatic carboxylic acids is 1. The number of carbonyl (C=O) groups is 3. The van der Waals surface area contributed by atoms with Gasteiger partial charge in [0.05, 0.1) is 0 Å². The maximum absolute atomic E-state index is 12.2. The molecule has 0 saturated heterocycles. The van der Waals surface area contributed by atoms with E-state index in [1.54, 1.807) is 7.05 Å². The molecule has 0 saturated carbocycles. The molecule has 0 heterocycles. The van der Waals surface area contributed by atoms with Crippen LogP contribution < -0.4 is 5.32 Å². The molecule has 1 unspecified atom stereocenters. The van der Waals surface area contributed by atoms with E-state index in [2.05, 4.69) is 19.2 Å². The van der Waals surface area contributed by atoms with Crippen LogP contribution >= 0.6 is 0 Å². The van der Waals surface area contributed by atoms with Crippen LogP contribution in [-0.4, -0.2) is 47.9 Å². The average Bonchev–Trinajstić information content (AvgIpc) is 2.40. The summed E-state index contributed by atoms with van der Waals surface area (Å²) in [6.45, 7) is 11.4. The Bertz CT molecular complexity index is 397. The molecule has 0 rings (SSSR count). The summed E-state index contributed by atoms with van der Waals surface area (Å²) in [5.74, 6) is -1.27. The van der Waals surface area contributed by atoms with Gasteiger partial charge in [-0.1, -0.05) is 47.1 Å². The van der Waals surface area contributed by atoms with Crippen molar-refractivity contribution in [3.05, 3.63) is 11.6 Å². The van der Waals surface area contributed by atoms with Crippen LogP contribution in [0.15, 0.2) is 11.6 Å². The second kappa shape index (κ2) is 10.8. The van der Waals surface area contributed by atoms with Crippen molar-refractivity contribution in [1.29, 1.82) is 0 Å². The number of hydrogen-bond donors (Lipinski definition) is 2. The van der Waals surface area contributed by atoms with Crippen LogP contribution in [0.5, 0.6) is 0 Å². The first-order valence-electron chi connectivity index (χ1n) is 7.37. The predicted molar refractivity (Wildman–Crippen MR) is 87.4 cm³/mol. The van der Waals surface area contributed by atoms with Gasteiger partial charge >= 0.3 is 5.97 Å². The van der Waals surface area contributed by atoms with Crippen molar-refractivity contribution in [2.45, 2.75) is 54.0 Å². The lowest BCUT2D eigenvalue weighted by Crippen LogP contribution is -2.51. The normalized spacial score (nSPS) is 12.6. The number of likely N-dealkylation sites (N-methyl/N-ethyl adjacent to an activating group) is 1. The van der Waals surface area contributed by atoms with E-state index in [4.69, 9.17) is 5.11 Å². The fourth-order valence-corrected chi connectivity index (χ4v) is 1.43. The number of rotatable bonds is 6. The molecule has 2 N–H and O–H groups in total. The summed E-state index contributed by atoms with van der Waals surface area (Å²) in [7, 11) is 1.57. The fraction of sp³-hybridized carbons (Fsp3) is 0.688. The summed E-state index contributed by atoms with van der Waals surface area (Å²) in [6.07, 6.45) is 3.21. The molecule has 0 fully saturated rings. The zero-order chi connectivity index (χ0) is 17.9. The topological polar surface area (TPSA) is 86.7 Å². The summed E-state index contributed by atoms with van der Waals surface area (Å²) >= 11 is 0. The van der Waals surface area contributed by atoms with Crippen molar-refractivity contribution in [1.82, 2.24) is 10.2 Å². The Balaban J connectivity index is 0. The number of hydrogen-bond acceptors (Lipinski definition) is 3. The highest BCUT2D eigenvalue weighted by Gasteiger charge is 2.32. The smallest absolute Gasteiger partial charge is 0.331 e. The Morgan fingerprint density at radius 3 is 2.05 bits per heavy atom. The Kier molecular flexibility index (Phi) is 11.0. The maximum Gasteiger partial charge on any atom is 0.331 e. The van der Waals surface area contributed by atoms with E-state index in [-0.39, 0.29) is 18.0 Å². The van der Waals surface area contributed by atoms with Crippen molar-refractivity contribution < 1.29 is 19.5 Å². The second-order valence-corrected chi connectivity index (χ2v) is 6.20. The van der Waals surface area contributed by atoms with Gasteiger partial charge in [0.25, 0.3) is 0 Å². The molecule has 0 bridgehead atoms. The molecule has 2 amide bonds. The Morgan fingerprint density at radius 1 is 1.27 bits per heavy atom. The van der Waals surface area contributed by atoms with Gasteiger partial charge in [-0.3, -0.25) is 9.59 Å². The second-order valence-electron chi connectivity index (χ2n) is 6.20. The molecule has 6 heteroatoms. The van der Waals surface area contributed by atoms with E-state index >= 15 is 0 Å². The highest BCUT2D eigenvalue weighted by molar-refractivity contribution is 5.86. The molecule has 1 atom stereocenters. The molecule has 0 aliphatic rings. The molecule has 0 aromatic carbocycles. The lowest BCUT2D eigenvalue weighted by Gasteiger charge is -2.32. The fourth-order valence-electron chi connectivity index (χ4n) is 1.43. The van der Waals surface area contributed by atoms with Crippen LogP contribution in [0, 0.1) is 5.41 Å². The standard InChI is InChI=1S/C13H22N2O4.C3H8/c1-9(12(18)19)6-7-15(5)11(17)10(14-8-16)13(2,3)4;1-3-2/h6,8,10H,7H2,1-5H3,(H,14,16)(H,18,19);3H2,1-2H3/b9-6+;. The van der Waals surface area contributed by atoms with E-state index in [0.717, 1.165) is 0 Å². The molecule has 6 nitrogen and oxygen atoms in total. The molecular formula is C16H30N2O4. The van der Waals surface area contributed by atoms with Crippen LogP contribution in [0.1, 0.15) is 48.0 Å². The SMILES string of the molecule is C/C(=C\CN(C)C(=O)C(NC=O)C(C)(C)C)C(=O)O.CCC. The van der Waals surface area contributed by atoms with Crippen LogP contribution in [0.2, 0.25) is 0 Å². The molecule has 0 aliphatic carbocycles. The number of carboxylic acid groups (broad SMARTS) is 1. The molecule has 0 aromatic rings. The first-order chi connectivity index (χ1) is 10.0. The molecular weight excluding hydrogens is 284 g/mol. The van der Waals surface area contributed by atoms with Gasteiger partial charge in [-0.25, -0.2) is 4.79 Å². The van der Waals surface area contributed by atoms with Crippen molar-refractivity contribution in [3.63, 3.8) is 0 Å². The largest absolute Gasteiger partial charge is 0.478 e. The average molecular weight is 314 g/mol. The quantitative estimate of drug-likeness (QED) is 0.580. The van der Waals surface area contributed by atoms with Crippen LogP contribution in [0.4, 0.5) is 0 Å². The van der Waals surface area contributed by atoms with Gasteiger partial charge in [-0.05, 0) is 12.3 Å². The first kappa shape index (κ1) is 22.4. The van der Waals surface area contributed by atoms with Gasteiger partial charge in [-0.15, -0.1) is 0 Å². The van der Waals surface area contributed by atoms with E-state index in [1.165, 1.54) is 24.3 Å². The summed E-state index contributed by atoms with van der Waals surface area (Å²) in [6, 6.07) is -0.645. The highest BCUT2D eigenvalue weighted by Crippen LogP contribution is 2.20. The lowest BCUT2D eigenvalue weighted by molar-refractivity contribution is -0.136. The molecule has 22 heavy (non-hydrogen) atoms. The summed E-state index contributed by atoms with van der Waals surface area (Å²) in [5.41, 5.74) is -0.243. The molecule has 0 spiro atoms. The Labute approximate surface area is 133 Å². The van der Waals surface area contributed by atoms with Gasteiger partial charge in [0.15, 0.2) is 0 Å². The Hall–Kier alpha value is -1.85. The van der Waals surface area contributed by atoms with Gasteiger partial charge in [0, 0.05) is 19.2 Å². The van der Waals surface area contributed by atoms with Crippen LogP contribution in [-0.2, 0) is 14.4 Å². The summed E-state index contributed by atoms with van der Waals surface area (Å²) < 4.78 is 0. The number of nitrogens with one attached hydrogen (secondary N) is 1. The minimum Gasteiger partial charge on any atom is -0.478 e. The zero-order valence-corrected chi connectivity index (χ0v) is 14.8. The third kappa shape index (κ3) is 9.15. The van der Waals surface area contributed by atoms with Gasteiger partial charge < -0.3 is 15.3 Å². The van der Waals surface area contributed by atoms with Crippen molar-refractivity contribution in [2.75, 3.05) is 13.6 Å². The first-order valence-corrected chi connectivity index (χ1v) is 7.37. The third-order valence-electron chi connectivity index (χ3n) is 2.73. The Morgan fingerprint density at radius 2 is 1.73 bits per heavy atom. The maximum atomic E-state index is 12.2. The number of nitrogens with zero attached hydrogens (tertiary/aromatic N) is 1. The monoisotopic (exact) mass is 314 g/mol. The minimum absolute atomic E-state index is 0.176. The van der Waals surface area contributed by atoms with E-state index in [0.29, 0.717) is 6.41 Å². The number of amides is 2. The van der Waals surface area contributed by atoms with E-state index in [9.17, 15) is 14.4 Å². The van der Waals surface area contributed by atoms with Crippen molar-refractivity contribution in [3.8, 4) is 0 Å². The van der Waals surface area contributed by atoms with E-state index in [1.807, 2.05) is 20.8 Å². The molecule has 0 radical (unpaired) electrons. The number of carbonyl (C=O) groups excluding carboxylic acids is 2. The molecule has 128 valence electrons. The predicted octanol–water partition coefficient (Wildman–Crippen LogP) is 2.05. The van der Waals surface area contributed by atoms with Gasteiger partial charge in [-0.2, -0.15) is 0 Å². The molecule has 0 aliphatic heterocycles. The van der Waals surface area contributed by atoms with Gasteiger partial charge in [0.1, 0.15) is 6.04 Å². The van der Waals surface area contributed by atoms with Gasteiger partial charge in [0.2, 0.25) is 12.3 Å².